The van der Waals surface area contributed by atoms with Crippen LogP contribution in [0, 0.1) is 0 Å². The van der Waals surface area contributed by atoms with Crippen LogP contribution in [-0.2, 0) is 19.9 Å². The van der Waals surface area contributed by atoms with Gasteiger partial charge in [0.15, 0.2) is 0 Å². The molecule has 0 bridgehead atoms. The molecule has 1 amide bonds. The predicted molar refractivity (Wildman–Crippen MR) is 111 cm³/mol. The van der Waals surface area contributed by atoms with E-state index in [-0.39, 0.29) is 11.9 Å². The second-order valence-corrected chi connectivity index (χ2v) is 7.96. The van der Waals surface area contributed by atoms with Gasteiger partial charge in [-0.15, -0.1) is 0 Å². The fraction of sp³-hybridized carbons (Fsp3) is 0.409. The summed E-state index contributed by atoms with van der Waals surface area (Å²) in [5.41, 5.74) is 2.64. The first kappa shape index (κ1) is 19.7. The van der Waals surface area contributed by atoms with Gasteiger partial charge in [0.2, 0.25) is 5.89 Å². The highest BCUT2D eigenvalue weighted by Gasteiger charge is 2.35. The van der Waals surface area contributed by atoms with Crippen LogP contribution < -0.4 is 0 Å². The number of likely N-dealkylation sites (tertiary alicyclic amines) is 1. The van der Waals surface area contributed by atoms with Crippen molar-refractivity contribution in [3.8, 4) is 0 Å². The molecule has 0 saturated carbocycles. The number of benzene rings is 1. The van der Waals surface area contributed by atoms with E-state index >= 15 is 0 Å². The standard InChI is InChI=1S/C22H25ClN4O2/c1-3-6-17-13-20(26(2)25-17)22(28)27-10-5-9-19(27)21-24-14-18(29-21)12-15-7-4-8-16(23)11-15/h4,7-8,11,13-14,19H,3,5-6,9-10,12H2,1-2H3/t19-/m0/s1. The maximum atomic E-state index is 13.2. The Hall–Kier alpha value is -2.60. The van der Waals surface area contributed by atoms with Crippen LogP contribution in [0.2, 0.25) is 5.02 Å². The zero-order valence-corrected chi connectivity index (χ0v) is 17.5. The van der Waals surface area contributed by atoms with Crippen LogP contribution in [0.3, 0.4) is 0 Å². The SMILES string of the molecule is CCCc1cc(C(=O)N2CCC[C@H]2c2ncc(Cc3cccc(Cl)c3)o2)n(C)n1. The molecule has 6 nitrogen and oxygen atoms in total. The molecule has 0 unspecified atom stereocenters. The highest BCUT2D eigenvalue weighted by molar-refractivity contribution is 6.30. The molecule has 3 heterocycles. The molecule has 29 heavy (non-hydrogen) atoms. The van der Waals surface area contributed by atoms with Crippen molar-refractivity contribution >= 4 is 17.5 Å². The average Bonchev–Trinajstić information content (AvgIpc) is 3.41. The minimum atomic E-state index is -0.139. The second-order valence-electron chi connectivity index (χ2n) is 7.52. The summed E-state index contributed by atoms with van der Waals surface area (Å²) in [5.74, 6) is 1.36. The van der Waals surface area contributed by atoms with Crippen molar-refractivity contribution in [2.24, 2.45) is 7.05 Å². The fourth-order valence-electron chi connectivity index (χ4n) is 3.93. The van der Waals surface area contributed by atoms with Gasteiger partial charge in [-0.05, 0) is 43.0 Å². The molecular formula is C22H25ClN4O2. The van der Waals surface area contributed by atoms with Gasteiger partial charge in [-0.2, -0.15) is 5.10 Å². The van der Waals surface area contributed by atoms with E-state index in [2.05, 4.69) is 17.0 Å². The van der Waals surface area contributed by atoms with E-state index in [9.17, 15) is 4.79 Å². The quantitative estimate of drug-likeness (QED) is 0.594. The number of nitrogens with zero attached hydrogens (tertiary/aromatic N) is 4. The molecule has 0 N–H and O–H groups in total. The summed E-state index contributed by atoms with van der Waals surface area (Å²) < 4.78 is 7.71. The van der Waals surface area contributed by atoms with Gasteiger partial charge >= 0.3 is 0 Å². The highest BCUT2D eigenvalue weighted by Crippen LogP contribution is 2.33. The summed E-state index contributed by atoms with van der Waals surface area (Å²) in [4.78, 5) is 19.5. The van der Waals surface area contributed by atoms with E-state index in [1.807, 2.05) is 42.3 Å². The van der Waals surface area contributed by atoms with Crippen molar-refractivity contribution in [3.63, 3.8) is 0 Å². The van der Waals surface area contributed by atoms with E-state index < -0.39 is 0 Å². The third kappa shape index (κ3) is 4.22. The summed E-state index contributed by atoms with van der Waals surface area (Å²) in [6.07, 6.45) is 6.03. The lowest BCUT2D eigenvalue weighted by Crippen LogP contribution is -2.32. The molecule has 1 fully saturated rings. The Bertz CT molecular complexity index is 1010. The molecule has 1 aliphatic heterocycles. The van der Waals surface area contributed by atoms with Gasteiger partial charge in [0.05, 0.1) is 11.9 Å². The number of hydrogen-bond acceptors (Lipinski definition) is 4. The van der Waals surface area contributed by atoms with E-state index in [1.165, 1.54) is 0 Å². The van der Waals surface area contributed by atoms with Gasteiger partial charge in [0.1, 0.15) is 17.5 Å². The molecule has 152 valence electrons. The zero-order valence-electron chi connectivity index (χ0n) is 16.8. The maximum absolute atomic E-state index is 13.2. The Kier molecular flexibility index (Phi) is 5.72. The van der Waals surface area contributed by atoms with Crippen LogP contribution in [-0.4, -0.2) is 32.1 Å². The van der Waals surface area contributed by atoms with Crippen LogP contribution in [0.5, 0.6) is 0 Å². The molecule has 1 aromatic carbocycles. The molecule has 3 aromatic rings. The minimum absolute atomic E-state index is 0.0144. The molecule has 0 spiro atoms. The third-order valence-electron chi connectivity index (χ3n) is 5.29. The molecule has 0 aliphatic carbocycles. The molecule has 2 aromatic heterocycles. The first-order valence-corrected chi connectivity index (χ1v) is 10.5. The molecule has 1 saturated heterocycles. The van der Waals surface area contributed by atoms with Crippen molar-refractivity contribution in [1.29, 1.82) is 0 Å². The van der Waals surface area contributed by atoms with E-state index in [4.69, 9.17) is 16.0 Å². The molecule has 7 heteroatoms. The van der Waals surface area contributed by atoms with Crippen LogP contribution in [0.25, 0.3) is 0 Å². The van der Waals surface area contributed by atoms with E-state index in [0.29, 0.717) is 29.6 Å². The van der Waals surface area contributed by atoms with Crippen LogP contribution in [0.1, 0.15) is 65.6 Å². The Balaban J connectivity index is 1.51. The van der Waals surface area contributed by atoms with Gasteiger partial charge in [0, 0.05) is 25.0 Å². The number of carbonyl (C=O) groups is 1. The number of aromatic nitrogens is 3. The lowest BCUT2D eigenvalue weighted by atomic mass is 10.1. The van der Waals surface area contributed by atoms with Crippen molar-refractivity contribution in [2.45, 2.75) is 45.1 Å². The summed E-state index contributed by atoms with van der Waals surface area (Å²) in [6.45, 7) is 2.81. The monoisotopic (exact) mass is 412 g/mol. The van der Waals surface area contributed by atoms with Gasteiger partial charge in [-0.1, -0.05) is 37.1 Å². The minimum Gasteiger partial charge on any atom is -0.443 e. The number of rotatable bonds is 6. The van der Waals surface area contributed by atoms with Crippen LogP contribution >= 0.6 is 11.6 Å². The van der Waals surface area contributed by atoms with E-state index in [1.54, 1.807) is 10.9 Å². The summed E-state index contributed by atoms with van der Waals surface area (Å²) in [6, 6.07) is 9.47. The molecule has 1 aliphatic rings. The third-order valence-corrected chi connectivity index (χ3v) is 5.53. The average molecular weight is 413 g/mol. The fourth-order valence-corrected chi connectivity index (χ4v) is 4.14. The summed E-state index contributed by atoms with van der Waals surface area (Å²) in [5, 5.41) is 5.17. The number of halogens is 1. The number of oxazole rings is 1. The van der Waals surface area contributed by atoms with Crippen LogP contribution in [0.15, 0.2) is 40.9 Å². The van der Waals surface area contributed by atoms with Crippen molar-refractivity contribution in [2.75, 3.05) is 6.54 Å². The first-order valence-electron chi connectivity index (χ1n) is 10.1. The molecular weight excluding hydrogens is 388 g/mol. The first-order chi connectivity index (χ1) is 14.0. The Morgan fingerprint density at radius 2 is 2.21 bits per heavy atom. The van der Waals surface area contributed by atoms with Gasteiger partial charge in [-0.3, -0.25) is 9.48 Å². The normalized spacial score (nSPS) is 16.5. The van der Waals surface area contributed by atoms with Crippen LogP contribution in [0.4, 0.5) is 0 Å². The summed E-state index contributed by atoms with van der Waals surface area (Å²) >= 11 is 6.07. The molecule has 4 rings (SSSR count). The Morgan fingerprint density at radius 1 is 1.34 bits per heavy atom. The molecule has 1 atom stereocenters. The Morgan fingerprint density at radius 3 is 3.00 bits per heavy atom. The lowest BCUT2D eigenvalue weighted by molar-refractivity contribution is 0.0703. The van der Waals surface area contributed by atoms with Crippen molar-refractivity contribution in [3.05, 3.63) is 70.2 Å². The van der Waals surface area contributed by atoms with E-state index in [0.717, 1.165) is 42.7 Å². The van der Waals surface area contributed by atoms with Crippen molar-refractivity contribution in [1.82, 2.24) is 19.7 Å². The summed E-state index contributed by atoms with van der Waals surface area (Å²) in [7, 11) is 1.83. The topological polar surface area (TPSA) is 64.2 Å². The highest BCUT2D eigenvalue weighted by atomic mass is 35.5. The Labute approximate surface area is 175 Å². The number of amides is 1. The zero-order chi connectivity index (χ0) is 20.4. The van der Waals surface area contributed by atoms with Gasteiger partial charge in [0.25, 0.3) is 5.91 Å². The maximum Gasteiger partial charge on any atom is 0.272 e. The second kappa shape index (κ2) is 8.41. The van der Waals surface area contributed by atoms with Gasteiger partial charge in [-0.25, -0.2) is 4.98 Å². The lowest BCUT2D eigenvalue weighted by Gasteiger charge is -2.22. The van der Waals surface area contributed by atoms with Crippen molar-refractivity contribution < 1.29 is 9.21 Å². The number of carbonyl (C=O) groups excluding carboxylic acids is 1. The van der Waals surface area contributed by atoms with Gasteiger partial charge < -0.3 is 9.32 Å². The number of hydrogen-bond donors (Lipinski definition) is 0. The number of aryl methyl sites for hydroxylation is 2. The predicted octanol–water partition coefficient (Wildman–Crippen LogP) is 4.58. The molecule has 0 radical (unpaired) electrons. The smallest absolute Gasteiger partial charge is 0.272 e. The largest absolute Gasteiger partial charge is 0.443 e.